The van der Waals surface area contributed by atoms with E-state index in [0.717, 1.165) is 53.6 Å². The first-order chi connectivity index (χ1) is 18.0. The molecule has 1 saturated heterocycles. The summed E-state index contributed by atoms with van der Waals surface area (Å²) in [5.41, 5.74) is 4.69. The second kappa shape index (κ2) is 9.72. The number of benzene rings is 2. The van der Waals surface area contributed by atoms with Gasteiger partial charge >= 0.3 is 0 Å². The summed E-state index contributed by atoms with van der Waals surface area (Å²) in [6, 6.07) is 15.0. The van der Waals surface area contributed by atoms with Crippen molar-refractivity contribution >= 4 is 44.8 Å². The lowest BCUT2D eigenvalue weighted by Crippen LogP contribution is -2.47. The predicted molar refractivity (Wildman–Crippen MR) is 144 cm³/mol. The Kier molecular flexibility index (Phi) is 6.11. The van der Waals surface area contributed by atoms with Crippen molar-refractivity contribution in [3.05, 3.63) is 77.7 Å². The van der Waals surface area contributed by atoms with Crippen LogP contribution in [0.2, 0.25) is 0 Å². The molecule has 37 heavy (non-hydrogen) atoms. The number of nitrogens with zero attached hydrogens (tertiary/aromatic N) is 6. The smallest absolute Gasteiger partial charge is 0.275 e. The van der Waals surface area contributed by atoms with E-state index in [4.69, 9.17) is 4.98 Å². The minimum atomic E-state index is -0.342. The molecule has 1 N–H and O–H groups in total. The summed E-state index contributed by atoms with van der Waals surface area (Å²) in [5, 5.41) is 4.96. The number of nitrogens with one attached hydrogen (secondary N) is 1. The molecule has 0 unspecified atom stereocenters. The number of hydrogen-bond acceptors (Lipinski definition) is 7. The Morgan fingerprint density at radius 3 is 2.57 bits per heavy atom. The second-order valence-corrected chi connectivity index (χ2v) is 9.95. The van der Waals surface area contributed by atoms with Gasteiger partial charge in [-0.25, -0.2) is 9.97 Å². The Labute approximate surface area is 217 Å². The van der Waals surface area contributed by atoms with Crippen molar-refractivity contribution in [2.45, 2.75) is 6.42 Å². The van der Waals surface area contributed by atoms with E-state index in [2.05, 4.69) is 27.2 Å². The number of piperazine rings is 1. The van der Waals surface area contributed by atoms with Crippen LogP contribution in [0.5, 0.6) is 0 Å². The molecule has 1 aliphatic rings. The maximum Gasteiger partial charge on any atom is 0.275 e. The van der Waals surface area contributed by atoms with E-state index in [-0.39, 0.29) is 17.5 Å². The van der Waals surface area contributed by atoms with Crippen molar-refractivity contribution in [1.82, 2.24) is 29.2 Å². The number of amides is 2. The van der Waals surface area contributed by atoms with Crippen LogP contribution in [0.25, 0.3) is 27.3 Å². The molecule has 5 aromatic rings. The summed E-state index contributed by atoms with van der Waals surface area (Å²) in [4.78, 5) is 44.5. The number of likely N-dealkylation sites (N-methyl/N-ethyl adjacent to an activating group) is 1. The molecular weight excluding hydrogens is 486 g/mol. The van der Waals surface area contributed by atoms with E-state index in [1.807, 2.05) is 69.4 Å². The molecule has 2 amide bonds. The molecule has 0 aliphatic carbocycles. The number of rotatable bonds is 5. The molecular formula is C27H25N7O2S. The van der Waals surface area contributed by atoms with Crippen molar-refractivity contribution in [2.75, 3.05) is 38.5 Å². The number of carbonyl (C=O) groups excluding carboxylic acids is 2. The first-order valence-electron chi connectivity index (χ1n) is 12.1. The van der Waals surface area contributed by atoms with E-state index in [9.17, 15) is 9.59 Å². The predicted octanol–water partition coefficient (Wildman–Crippen LogP) is 3.57. The van der Waals surface area contributed by atoms with E-state index in [1.54, 1.807) is 0 Å². The van der Waals surface area contributed by atoms with Crippen LogP contribution in [0.4, 0.5) is 5.69 Å². The van der Waals surface area contributed by atoms with Crippen LogP contribution in [0, 0.1) is 0 Å². The van der Waals surface area contributed by atoms with Gasteiger partial charge < -0.3 is 15.1 Å². The zero-order chi connectivity index (χ0) is 25.4. The SMILES string of the molecule is CN1CCN(C(=O)Cc2csc3nc(-c4ccccc4NC(=O)c4cnc5ccccc5n4)cn23)CC1. The summed E-state index contributed by atoms with van der Waals surface area (Å²) in [6.45, 7) is 3.31. The van der Waals surface area contributed by atoms with Crippen molar-refractivity contribution in [1.29, 1.82) is 0 Å². The van der Waals surface area contributed by atoms with Gasteiger partial charge in [-0.15, -0.1) is 11.3 Å². The third-order valence-corrected chi connectivity index (χ3v) is 7.49. The van der Waals surface area contributed by atoms with Gasteiger partial charge in [0.2, 0.25) is 5.91 Å². The molecule has 10 heteroatoms. The highest BCUT2D eigenvalue weighted by molar-refractivity contribution is 7.15. The van der Waals surface area contributed by atoms with Crippen molar-refractivity contribution in [2.24, 2.45) is 0 Å². The largest absolute Gasteiger partial charge is 0.340 e. The van der Waals surface area contributed by atoms with Gasteiger partial charge in [-0.1, -0.05) is 30.3 Å². The molecule has 6 rings (SSSR count). The number of para-hydroxylation sites is 3. The quantitative estimate of drug-likeness (QED) is 0.388. The monoisotopic (exact) mass is 511 g/mol. The highest BCUT2D eigenvalue weighted by atomic mass is 32.1. The third-order valence-electron chi connectivity index (χ3n) is 6.60. The van der Waals surface area contributed by atoms with Crippen LogP contribution >= 0.6 is 11.3 Å². The Bertz CT molecular complexity index is 1620. The maximum absolute atomic E-state index is 13.0. The molecule has 2 aromatic carbocycles. The molecule has 1 fully saturated rings. The van der Waals surface area contributed by atoms with Crippen molar-refractivity contribution < 1.29 is 9.59 Å². The van der Waals surface area contributed by atoms with Crippen LogP contribution in [0.15, 0.2) is 66.3 Å². The van der Waals surface area contributed by atoms with E-state index in [1.165, 1.54) is 17.5 Å². The van der Waals surface area contributed by atoms with Crippen LogP contribution in [0.1, 0.15) is 16.2 Å². The lowest BCUT2D eigenvalue weighted by molar-refractivity contribution is -0.132. The van der Waals surface area contributed by atoms with Crippen LogP contribution in [0.3, 0.4) is 0 Å². The van der Waals surface area contributed by atoms with E-state index >= 15 is 0 Å². The standard InChI is InChI=1S/C27H25N7O2S/c1-32-10-12-33(13-11-32)25(35)14-18-17-37-27-31-24(16-34(18)27)19-6-2-3-7-20(19)30-26(36)23-15-28-21-8-4-5-9-22(21)29-23/h2-9,15-17H,10-14H2,1H3,(H,30,36). The van der Waals surface area contributed by atoms with Crippen LogP contribution in [-0.2, 0) is 11.2 Å². The van der Waals surface area contributed by atoms with Crippen LogP contribution in [-0.4, -0.2) is 74.2 Å². The summed E-state index contributed by atoms with van der Waals surface area (Å²) in [6.07, 6.45) is 3.74. The number of thiazole rings is 1. The average Bonchev–Trinajstić information content (AvgIpc) is 3.51. The first-order valence-corrected chi connectivity index (χ1v) is 13.0. The number of carbonyl (C=O) groups is 2. The first kappa shape index (κ1) is 23.3. The number of hydrogen-bond donors (Lipinski definition) is 1. The molecule has 186 valence electrons. The molecule has 0 atom stereocenters. The number of anilines is 1. The highest BCUT2D eigenvalue weighted by Gasteiger charge is 2.21. The number of fused-ring (bicyclic) bond motifs is 2. The fourth-order valence-corrected chi connectivity index (χ4v) is 5.35. The minimum Gasteiger partial charge on any atom is -0.340 e. The topological polar surface area (TPSA) is 95.7 Å². The van der Waals surface area contributed by atoms with Gasteiger partial charge in [0, 0.05) is 49.0 Å². The molecule has 0 bridgehead atoms. The van der Waals surface area contributed by atoms with Gasteiger partial charge in [-0.3, -0.25) is 19.0 Å². The van der Waals surface area contributed by atoms with Gasteiger partial charge in [-0.05, 0) is 25.2 Å². The lowest BCUT2D eigenvalue weighted by Gasteiger charge is -2.32. The lowest BCUT2D eigenvalue weighted by atomic mass is 10.1. The fourth-order valence-electron chi connectivity index (χ4n) is 4.48. The summed E-state index contributed by atoms with van der Waals surface area (Å²) >= 11 is 1.50. The maximum atomic E-state index is 13.0. The third kappa shape index (κ3) is 4.68. The molecule has 3 aromatic heterocycles. The van der Waals surface area contributed by atoms with Gasteiger partial charge in [0.1, 0.15) is 5.69 Å². The molecule has 4 heterocycles. The molecule has 1 aliphatic heterocycles. The van der Waals surface area contributed by atoms with Crippen LogP contribution < -0.4 is 5.32 Å². The highest BCUT2D eigenvalue weighted by Crippen LogP contribution is 2.30. The van der Waals surface area contributed by atoms with Gasteiger partial charge in [0.05, 0.1) is 35.0 Å². The molecule has 9 nitrogen and oxygen atoms in total. The molecule has 0 saturated carbocycles. The number of imidazole rings is 1. The van der Waals surface area contributed by atoms with Gasteiger partial charge in [0.25, 0.3) is 5.91 Å². The second-order valence-electron chi connectivity index (χ2n) is 9.11. The fraction of sp³-hybridized carbons (Fsp3) is 0.222. The molecule has 0 radical (unpaired) electrons. The van der Waals surface area contributed by atoms with Crippen molar-refractivity contribution in [3.63, 3.8) is 0 Å². The van der Waals surface area contributed by atoms with Gasteiger partial charge in [-0.2, -0.15) is 0 Å². The summed E-state index contributed by atoms with van der Waals surface area (Å²) < 4.78 is 1.97. The van der Waals surface area contributed by atoms with Gasteiger partial charge in [0.15, 0.2) is 4.96 Å². The van der Waals surface area contributed by atoms with Crippen molar-refractivity contribution in [3.8, 4) is 11.3 Å². The average molecular weight is 512 g/mol. The Balaban J connectivity index is 1.24. The zero-order valence-corrected chi connectivity index (χ0v) is 21.1. The minimum absolute atomic E-state index is 0.132. The molecule has 0 spiro atoms. The van der Waals surface area contributed by atoms with E-state index in [0.29, 0.717) is 17.6 Å². The van der Waals surface area contributed by atoms with E-state index < -0.39 is 0 Å². The number of aromatic nitrogens is 4. The summed E-state index contributed by atoms with van der Waals surface area (Å²) in [7, 11) is 2.08. The summed E-state index contributed by atoms with van der Waals surface area (Å²) in [5.74, 6) is -0.211. The Hall–Kier alpha value is -4.15. The zero-order valence-electron chi connectivity index (χ0n) is 20.3. The normalized spacial score (nSPS) is 14.4. The Morgan fingerprint density at radius 2 is 1.73 bits per heavy atom. The Morgan fingerprint density at radius 1 is 0.973 bits per heavy atom.